The Balaban J connectivity index is 1.73. The van der Waals surface area contributed by atoms with Crippen molar-refractivity contribution in [2.75, 3.05) is 13.2 Å². The Labute approximate surface area is 131 Å². The van der Waals surface area contributed by atoms with Gasteiger partial charge in [0.2, 0.25) is 5.91 Å². The topological polar surface area (TPSA) is 55.6 Å². The van der Waals surface area contributed by atoms with Crippen LogP contribution in [-0.4, -0.2) is 47.5 Å². The van der Waals surface area contributed by atoms with E-state index in [9.17, 15) is 4.79 Å². The van der Waals surface area contributed by atoms with E-state index in [0.29, 0.717) is 19.1 Å². The third-order valence-electron chi connectivity index (χ3n) is 5.24. The summed E-state index contributed by atoms with van der Waals surface area (Å²) in [6.45, 7) is 0.978. The fourth-order valence-electron chi connectivity index (χ4n) is 4.04. The van der Waals surface area contributed by atoms with Crippen LogP contribution in [0.3, 0.4) is 0 Å². The molecule has 1 amide bonds. The Kier molecular flexibility index (Phi) is 4.44. The highest BCUT2D eigenvalue weighted by atomic mass is 35.5. The van der Waals surface area contributed by atoms with Gasteiger partial charge in [0.15, 0.2) is 0 Å². The van der Waals surface area contributed by atoms with Gasteiger partial charge < -0.3 is 15.4 Å². The quantitative estimate of drug-likeness (QED) is 0.619. The van der Waals surface area contributed by atoms with Crippen molar-refractivity contribution in [1.82, 2.24) is 4.90 Å². The second kappa shape index (κ2) is 6.16. The van der Waals surface area contributed by atoms with Crippen LogP contribution in [0.15, 0.2) is 0 Å². The summed E-state index contributed by atoms with van der Waals surface area (Å²) >= 11 is 6.34. The van der Waals surface area contributed by atoms with Crippen LogP contribution in [0.1, 0.15) is 32.1 Å². The number of nitrogens with two attached hydrogens (primary N) is 1. The lowest BCUT2D eigenvalue weighted by molar-refractivity contribution is -0.135. The molecule has 3 fully saturated rings. The largest absolute Gasteiger partial charge is 0.373 e. The van der Waals surface area contributed by atoms with Gasteiger partial charge in [0.05, 0.1) is 36.1 Å². The van der Waals surface area contributed by atoms with Crippen molar-refractivity contribution in [3.8, 4) is 12.3 Å². The van der Waals surface area contributed by atoms with Gasteiger partial charge in [0, 0.05) is 6.54 Å². The van der Waals surface area contributed by atoms with Gasteiger partial charge in [0.1, 0.15) is 0 Å². The number of carbonyl (C=O) groups is 1. The Hall–Kier alpha value is -0.760. The molecule has 2 N–H and O–H groups in total. The number of terminal acetylenes is 1. The summed E-state index contributed by atoms with van der Waals surface area (Å²) in [5.74, 6) is 2.97. The zero-order valence-corrected chi connectivity index (χ0v) is 13.0. The summed E-state index contributed by atoms with van der Waals surface area (Å²) in [5, 5.41) is -0.184. The van der Waals surface area contributed by atoms with E-state index in [1.165, 1.54) is 19.3 Å². The number of alkyl halides is 1. The van der Waals surface area contributed by atoms with Crippen molar-refractivity contribution in [1.29, 1.82) is 0 Å². The molecule has 5 atom stereocenters. The molecule has 0 aromatic rings. The van der Waals surface area contributed by atoms with Crippen LogP contribution >= 0.6 is 11.6 Å². The summed E-state index contributed by atoms with van der Waals surface area (Å²) in [5.41, 5.74) is 6.26. The molecule has 2 saturated heterocycles. The van der Waals surface area contributed by atoms with E-state index in [-0.39, 0.29) is 29.3 Å². The molecule has 0 aromatic carbocycles. The number of hydrogen-bond acceptors (Lipinski definition) is 3. The average molecular weight is 311 g/mol. The Morgan fingerprint density at radius 1 is 1.38 bits per heavy atom. The first-order valence-electron chi connectivity index (χ1n) is 7.91. The summed E-state index contributed by atoms with van der Waals surface area (Å²) in [4.78, 5) is 14.6. The molecule has 1 saturated carbocycles. The first kappa shape index (κ1) is 15.1. The van der Waals surface area contributed by atoms with Crippen molar-refractivity contribution < 1.29 is 9.53 Å². The molecule has 3 aliphatic rings. The highest BCUT2D eigenvalue weighted by Crippen LogP contribution is 2.37. The number of nitrogens with zero attached hydrogens (tertiary/aromatic N) is 1. The zero-order valence-electron chi connectivity index (χ0n) is 12.2. The lowest BCUT2D eigenvalue weighted by Crippen LogP contribution is -2.51. The lowest BCUT2D eigenvalue weighted by Gasteiger charge is -2.32. The third-order valence-corrected chi connectivity index (χ3v) is 5.63. The van der Waals surface area contributed by atoms with E-state index < -0.39 is 6.04 Å². The van der Waals surface area contributed by atoms with Crippen molar-refractivity contribution in [2.24, 2.45) is 17.6 Å². The van der Waals surface area contributed by atoms with E-state index in [2.05, 4.69) is 5.92 Å². The van der Waals surface area contributed by atoms with Gasteiger partial charge >= 0.3 is 0 Å². The SMILES string of the molecule is C#CC1COC2C(Cl)CN(C(=O)C(N)C3CCCCC3)C12. The molecule has 0 aromatic heterocycles. The molecule has 2 aliphatic heterocycles. The summed E-state index contributed by atoms with van der Waals surface area (Å²) in [6.07, 6.45) is 11.1. The minimum Gasteiger partial charge on any atom is -0.373 e. The normalized spacial score (nSPS) is 38.0. The van der Waals surface area contributed by atoms with Crippen LogP contribution in [0.4, 0.5) is 0 Å². The summed E-state index contributed by atoms with van der Waals surface area (Å²) in [6, 6.07) is -0.522. The van der Waals surface area contributed by atoms with Gasteiger partial charge in [-0.2, -0.15) is 0 Å². The highest BCUT2D eigenvalue weighted by molar-refractivity contribution is 6.21. The molecule has 0 bridgehead atoms. The number of halogens is 1. The van der Waals surface area contributed by atoms with Gasteiger partial charge in [-0.1, -0.05) is 25.2 Å². The molecule has 5 unspecified atom stereocenters. The highest BCUT2D eigenvalue weighted by Gasteiger charge is 2.52. The van der Waals surface area contributed by atoms with Crippen LogP contribution in [-0.2, 0) is 9.53 Å². The molecule has 1 aliphatic carbocycles. The Morgan fingerprint density at radius 2 is 2.10 bits per heavy atom. The minimum atomic E-state index is -0.424. The average Bonchev–Trinajstić information content (AvgIpc) is 3.08. The molecule has 116 valence electrons. The maximum Gasteiger partial charge on any atom is 0.240 e. The van der Waals surface area contributed by atoms with Crippen molar-refractivity contribution >= 4 is 17.5 Å². The van der Waals surface area contributed by atoms with Crippen molar-refractivity contribution in [2.45, 2.75) is 55.7 Å². The molecular formula is C16H23ClN2O2. The number of fused-ring (bicyclic) bond motifs is 1. The predicted molar refractivity (Wildman–Crippen MR) is 81.8 cm³/mol. The first-order chi connectivity index (χ1) is 10.1. The smallest absolute Gasteiger partial charge is 0.240 e. The lowest BCUT2D eigenvalue weighted by atomic mass is 9.83. The van der Waals surface area contributed by atoms with E-state index in [1.54, 1.807) is 4.90 Å². The van der Waals surface area contributed by atoms with E-state index >= 15 is 0 Å². The maximum atomic E-state index is 12.8. The fraction of sp³-hybridized carbons (Fsp3) is 0.812. The number of ether oxygens (including phenoxy) is 1. The zero-order chi connectivity index (χ0) is 15.0. The first-order valence-corrected chi connectivity index (χ1v) is 8.35. The van der Waals surface area contributed by atoms with E-state index in [0.717, 1.165) is 12.8 Å². The predicted octanol–water partition coefficient (Wildman–Crippen LogP) is 1.36. The molecule has 2 heterocycles. The van der Waals surface area contributed by atoms with Crippen molar-refractivity contribution in [3.63, 3.8) is 0 Å². The van der Waals surface area contributed by atoms with Gasteiger partial charge in [-0.05, 0) is 18.8 Å². The number of hydrogen-bond donors (Lipinski definition) is 1. The monoisotopic (exact) mass is 310 g/mol. The maximum absolute atomic E-state index is 12.8. The van der Waals surface area contributed by atoms with Gasteiger partial charge in [-0.3, -0.25) is 4.79 Å². The van der Waals surface area contributed by atoms with Gasteiger partial charge in [0.25, 0.3) is 0 Å². The van der Waals surface area contributed by atoms with Crippen LogP contribution in [0.2, 0.25) is 0 Å². The Bertz CT molecular complexity index is 444. The molecule has 0 radical (unpaired) electrons. The number of likely N-dealkylation sites (tertiary alicyclic amines) is 1. The molecule has 5 heteroatoms. The molecule has 21 heavy (non-hydrogen) atoms. The minimum absolute atomic E-state index is 0.00537. The third kappa shape index (κ3) is 2.67. The van der Waals surface area contributed by atoms with E-state index in [4.69, 9.17) is 28.5 Å². The number of carbonyl (C=O) groups excluding carboxylic acids is 1. The van der Waals surface area contributed by atoms with Gasteiger partial charge in [-0.25, -0.2) is 0 Å². The van der Waals surface area contributed by atoms with Crippen LogP contribution < -0.4 is 5.73 Å². The molecule has 4 nitrogen and oxygen atoms in total. The Morgan fingerprint density at radius 3 is 2.76 bits per heavy atom. The second-order valence-electron chi connectivity index (χ2n) is 6.49. The standard InChI is InChI=1S/C16H23ClN2O2/c1-2-10-9-21-15-12(17)8-19(14(10)15)16(20)13(18)11-6-4-3-5-7-11/h1,10-15H,3-9,18H2. The molecule has 0 spiro atoms. The fourth-order valence-corrected chi connectivity index (χ4v) is 4.41. The van der Waals surface area contributed by atoms with Crippen LogP contribution in [0.5, 0.6) is 0 Å². The number of amides is 1. The molecular weight excluding hydrogens is 288 g/mol. The van der Waals surface area contributed by atoms with E-state index in [1.807, 2.05) is 0 Å². The van der Waals surface area contributed by atoms with Crippen molar-refractivity contribution in [3.05, 3.63) is 0 Å². The van der Waals surface area contributed by atoms with Crippen LogP contribution in [0.25, 0.3) is 0 Å². The number of rotatable bonds is 2. The summed E-state index contributed by atoms with van der Waals surface area (Å²) in [7, 11) is 0. The summed E-state index contributed by atoms with van der Waals surface area (Å²) < 4.78 is 5.69. The molecule has 3 rings (SSSR count). The second-order valence-corrected chi connectivity index (χ2v) is 7.05. The van der Waals surface area contributed by atoms with Gasteiger partial charge in [-0.15, -0.1) is 18.0 Å². The van der Waals surface area contributed by atoms with Crippen LogP contribution in [0, 0.1) is 24.2 Å².